The second-order valence-corrected chi connectivity index (χ2v) is 6.47. The van der Waals surface area contributed by atoms with Crippen molar-refractivity contribution in [1.29, 1.82) is 0 Å². The molecule has 26 heavy (non-hydrogen) atoms. The van der Waals surface area contributed by atoms with Crippen molar-refractivity contribution >= 4 is 12.0 Å². The molecule has 0 bridgehead atoms. The topological polar surface area (TPSA) is 42.0 Å². The number of hydrogen-bond donors (Lipinski definition) is 0. The number of hydrogen-bond acceptors (Lipinski definition) is 4. The number of nitrogens with zero attached hydrogens (tertiary/aromatic N) is 2. The van der Waals surface area contributed by atoms with Crippen molar-refractivity contribution in [3.05, 3.63) is 65.7 Å². The third-order valence-corrected chi connectivity index (χ3v) is 4.75. The van der Waals surface area contributed by atoms with Gasteiger partial charge in [-0.1, -0.05) is 42.5 Å². The first kappa shape index (κ1) is 16.7. The van der Waals surface area contributed by atoms with E-state index in [1.54, 1.807) is 12.1 Å². The van der Waals surface area contributed by atoms with Crippen molar-refractivity contribution in [2.24, 2.45) is 0 Å². The van der Waals surface area contributed by atoms with Crippen LogP contribution in [0.1, 0.15) is 15.9 Å². The summed E-state index contributed by atoms with van der Waals surface area (Å²) in [5.74, 6) is 1.42. The first-order valence-electron chi connectivity index (χ1n) is 8.92. The van der Waals surface area contributed by atoms with Crippen molar-refractivity contribution in [2.45, 2.75) is 0 Å². The quantitative estimate of drug-likeness (QED) is 0.850. The molecule has 5 heteroatoms. The number of benzene rings is 2. The van der Waals surface area contributed by atoms with Gasteiger partial charge in [-0.25, -0.2) is 0 Å². The van der Waals surface area contributed by atoms with Crippen LogP contribution in [0.4, 0.5) is 0 Å². The second-order valence-electron chi connectivity index (χ2n) is 6.47. The molecule has 0 unspecified atom stereocenters. The van der Waals surface area contributed by atoms with E-state index in [0.29, 0.717) is 17.1 Å². The monoisotopic (exact) mass is 350 g/mol. The summed E-state index contributed by atoms with van der Waals surface area (Å²) in [5.41, 5.74) is 1.87. The van der Waals surface area contributed by atoms with Gasteiger partial charge in [0.2, 0.25) is 6.79 Å². The number of amides is 1. The molecule has 1 amide bonds. The Morgan fingerprint density at radius 3 is 2.54 bits per heavy atom. The largest absolute Gasteiger partial charge is 0.454 e. The number of carbonyl (C=O) groups is 1. The molecule has 2 aromatic rings. The summed E-state index contributed by atoms with van der Waals surface area (Å²) in [7, 11) is 0. The van der Waals surface area contributed by atoms with Crippen LogP contribution in [-0.2, 0) is 0 Å². The summed E-state index contributed by atoms with van der Waals surface area (Å²) in [5, 5.41) is 0. The normalized spacial score (nSPS) is 17.0. The van der Waals surface area contributed by atoms with Crippen LogP contribution >= 0.6 is 0 Å². The van der Waals surface area contributed by atoms with Crippen LogP contribution in [0, 0.1) is 0 Å². The Morgan fingerprint density at radius 2 is 1.73 bits per heavy atom. The average Bonchev–Trinajstić information content (AvgIpc) is 3.17. The van der Waals surface area contributed by atoms with E-state index >= 15 is 0 Å². The summed E-state index contributed by atoms with van der Waals surface area (Å²) in [6.45, 7) is 4.38. The summed E-state index contributed by atoms with van der Waals surface area (Å²) < 4.78 is 10.7. The van der Waals surface area contributed by atoms with Gasteiger partial charge in [-0.15, -0.1) is 0 Å². The highest BCUT2D eigenvalue weighted by molar-refractivity contribution is 5.95. The third-order valence-electron chi connectivity index (χ3n) is 4.75. The molecule has 0 atom stereocenters. The molecular formula is C21H22N2O3. The van der Waals surface area contributed by atoms with Crippen molar-refractivity contribution in [1.82, 2.24) is 9.80 Å². The summed E-state index contributed by atoms with van der Waals surface area (Å²) in [6, 6.07) is 15.7. The second kappa shape index (κ2) is 7.62. The van der Waals surface area contributed by atoms with Gasteiger partial charge in [0.1, 0.15) is 0 Å². The number of fused-ring (bicyclic) bond motifs is 1. The zero-order valence-corrected chi connectivity index (χ0v) is 14.6. The van der Waals surface area contributed by atoms with E-state index < -0.39 is 0 Å². The minimum absolute atomic E-state index is 0.0581. The molecule has 0 aliphatic carbocycles. The van der Waals surface area contributed by atoms with Crippen molar-refractivity contribution in [3.63, 3.8) is 0 Å². The summed E-state index contributed by atoms with van der Waals surface area (Å²) >= 11 is 0. The predicted molar refractivity (Wildman–Crippen MR) is 100 cm³/mol. The van der Waals surface area contributed by atoms with Crippen molar-refractivity contribution in [2.75, 3.05) is 39.5 Å². The maximum atomic E-state index is 12.7. The van der Waals surface area contributed by atoms with Gasteiger partial charge in [0.25, 0.3) is 5.91 Å². The molecule has 2 aromatic carbocycles. The Morgan fingerprint density at radius 1 is 0.962 bits per heavy atom. The lowest BCUT2D eigenvalue weighted by Gasteiger charge is -2.34. The van der Waals surface area contributed by atoms with Gasteiger partial charge in [-0.05, 0) is 23.8 Å². The van der Waals surface area contributed by atoms with Crippen molar-refractivity contribution in [3.8, 4) is 11.5 Å². The molecule has 134 valence electrons. The smallest absolute Gasteiger partial charge is 0.254 e. The standard InChI is InChI=1S/C21H22N2O3/c24-21(18-8-9-19-20(15-18)26-16-25-19)23-13-11-22(12-14-23)10-4-7-17-5-2-1-3-6-17/h1-9,15H,10-14,16H2/b7-4+. The molecule has 0 spiro atoms. The number of piperazine rings is 1. The maximum absolute atomic E-state index is 12.7. The third kappa shape index (κ3) is 3.73. The van der Waals surface area contributed by atoms with Gasteiger partial charge in [0.05, 0.1) is 0 Å². The minimum atomic E-state index is 0.0581. The van der Waals surface area contributed by atoms with Crippen LogP contribution in [-0.4, -0.2) is 55.2 Å². The van der Waals surface area contributed by atoms with Crippen molar-refractivity contribution < 1.29 is 14.3 Å². The van der Waals surface area contributed by atoms with E-state index in [-0.39, 0.29) is 12.7 Å². The number of ether oxygens (including phenoxy) is 2. The van der Waals surface area contributed by atoms with Crippen LogP contribution in [0.25, 0.3) is 6.08 Å². The Labute approximate surface area is 153 Å². The molecule has 2 aliphatic heterocycles. The van der Waals surface area contributed by atoms with Crippen LogP contribution in [0.15, 0.2) is 54.6 Å². The first-order valence-corrected chi connectivity index (χ1v) is 8.92. The molecule has 1 fully saturated rings. The van der Waals surface area contributed by atoms with Crippen LogP contribution in [0.3, 0.4) is 0 Å². The molecule has 0 saturated carbocycles. The highest BCUT2D eigenvalue weighted by Gasteiger charge is 2.23. The molecule has 2 aliphatic rings. The summed E-state index contributed by atoms with van der Waals surface area (Å²) in [6.07, 6.45) is 4.33. The molecule has 0 N–H and O–H groups in total. The van der Waals surface area contributed by atoms with Gasteiger partial charge in [0.15, 0.2) is 11.5 Å². The highest BCUT2D eigenvalue weighted by atomic mass is 16.7. The van der Waals surface area contributed by atoms with Crippen LogP contribution < -0.4 is 9.47 Å². The predicted octanol–water partition coefficient (Wildman–Crippen LogP) is 2.89. The lowest BCUT2D eigenvalue weighted by Crippen LogP contribution is -2.48. The molecule has 2 heterocycles. The zero-order valence-electron chi connectivity index (χ0n) is 14.6. The van der Waals surface area contributed by atoms with E-state index in [9.17, 15) is 4.79 Å². The Bertz CT molecular complexity index is 796. The van der Waals surface area contributed by atoms with E-state index in [4.69, 9.17) is 9.47 Å². The molecule has 0 aromatic heterocycles. The van der Waals surface area contributed by atoms with Crippen LogP contribution in [0.2, 0.25) is 0 Å². The van der Waals surface area contributed by atoms with Gasteiger partial charge >= 0.3 is 0 Å². The first-order chi connectivity index (χ1) is 12.8. The number of rotatable bonds is 4. The fourth-order valence-electron chi connectivity index (χ4n) is 3.25. The van der Waals surface area contributed by atoms with E-state index in [1.165, 1.54) is 5.56 Å². The number of carbonyl (C=O) groups excluding carboxylic acids is 1. The van der Waals surface area contributed by atoms with E-state index in [1.807, 2.05) is 29.2 Å². The fraction of sp³-hybridized carbons (Fsp3) is 0.286. The molecular weight excluding hydrogens is 328 g/mol. The SMILES string of the molecule is O=C(c1ccc2c(c1)OCO2)N1CCN(C/C=C/c2ccccc2)CC1. The molecule has 0 radical (unpaired) electrons. The van der Waals surface area contributed by atoms with E-state index in [2.05, 4.69) is 29.2 Å². The molecule has 4 rings (SSSR count). The lowest BCUT2D eigenvalue weighted by molar-refractivity contribution is 0.0650. The zero-order chi connectivity index (χ0) is 17.8. The maximum Gasteiger partial charge on any atom is 0.254 e. The minimum Gasteiger partial charge on any atom is -0.454 e. The van der Waals surface area contributed by atoms with Gasteiger partial charge in [0, 0.05) is 38.3 Å². The molecule has 5 nitrogen and oxygen atoms in total. The van der Waals surface area contributed by atoms with E-state index in [0.717, 1.165) is 32.7 Å². The van der Waals surface area contributed by atoms with Gasteiger partial charge in [-0.2, -0.15) is 0 Å². The Hall–Kier alpha value is -2.79. The lowest BCUT2D eigenvalue weighted by atomic mass is 10.1. The van der Waals surface area contributed by atoms with Crippen LogP contribution in [0.5, 0.6) is 11.5 Å². The Kier molecular flexibility index (Phi) is 4.88. The highest BCUT2D eigenvalue weighted by Crippen LogP contribution is 2.32. The Balaban J connectivity index is 1.29. The summed E-state index contributed by atoms with van der Waals surface area (Å²) in [4.78, 5) is 17.0. The fourth-order valence-corrected chi connectivity index (χ4v) is 3.25. The molecule has 1 saturated heterocycles. The average molecular weight is 350 g/mol. The van der Waals surface area contributed by atoms with Gasteiger partial charge < -0.3 is 14.4 Å². The van der Waals surface area contributed by atoms with Gasteiger partial charge in [-0.3, -0.25) is 9.69 Å².